The molecule has 7 heteroatoms. The van der Waals surface area contributed by atoms with Crippen molar-refractivity contribution in [2.75, 3.05) is 0 Å². The lowest BCUT2D eigenvalue weighted by molar-refractivity contribution is -0.384. The van der Waals surface area contributed by atoms with Crippen LogP contribution in [-0.4, -0.2) is 27.1 Å². The predicted molar refractivity (Wildman–Crippen MR) is 58.4 cm³/mol. The first-order chi connectivity index (χ1) is 7.91. The van der Waals surface area contributed by atoms with Crippen molar-refractivity contribution in [2.45, 2.75) is 13.8 Å². The van der Waals surface area contributed by atoms with E-state index in [1.54, 1.807) is 0 Å². The molecule has 7 nitrogen and oxygen atoms in total. The number of aromatic carboxylic acids is 2. The molecule has 1 aromatic rings. The molecule has 0 saturated carbocycles. The fraction of sp³-hybridized carbons (Fsp3) is 0.200. The summed E-state index contributed by atoms with van der Waals surface area (Å²) in [7, 11) is 0. The second-order valence-corrected chi connectivity index (χ2v) is 2.64. The van der Waals surface area contributed by atoms with Crippen LogP contribution in [0.5, 0.6) is 0 Å². The molecule has 0 saturated heterocycles. The van der Waals surface area contributed by atoms with E-state index >= 15 is 0 Å². The highest BCUT2D eigenvalue weighted by atomic mass is 16.6. The fourth-order valence-electron chi connectivity index (χ4n) is 0.964. The lowest BCUT2D eigenvalue weighted by Crippen LogP contribution is -2.04. The second kappa shape index (κ2) is 6.21. The van der Waals surface area contributed by atoms with Gasteiger partial charge in [0.2, 0.25) is 0 Å². The molecule has 0 heterocycles. The quantitative estimate of drug-likeness (QED) is 0.617. The Labute approximate surface area is 96.5 Å². The van der Waals surface area contributed by atoms with Gasteiger partial charge in [-0.15, -0.1) is 0 Å². The smallest absolute Gasteiger partial charge is 0.335 e. The maximum absolute atomic E-state index is 10.5. The van der Waals surface area contributed by atoms with Crippen molar-refractivity contribution in [1.29, 1.82) is 0 Å². The Bertz CT molecular complexity index is 375. The van der Waals surface area contributed by atoms with E-state index in [4.69, 9.17) is 10.2 Å². The standard InChI is InChI=1S/C8H5NO6.C2H6/c10-7(11)4-1-5(8(12)13)3-6(2-4)9(14)15;1-2/h1-3H,(H,10,11)(H,12,13);1-2H3. The van der Waals surface area contributed by atoms with Gasteiger partial charge in [0.05, 0.1) is 16.1 Å². The molecule has 1 rings (SSSR count). The number of carbonyl (C=O) groups is 2. The molecule has 0 aromatic heterocycles. The van der Waals surface area contributed by atoms with Crippen molar-refractivity contribution < 1.29 is 24.7 Å². The van der Waals surface area contributed by atoms with Gasteiger partial charge in [0.1, 0.15) is 0 Å². The zero-order valence-electron chi connectivity index (χ0n) is 9.21. The maximum atomic E-state index is 10.5. The molecule has 17 heavy (non-hydrogen) atoms. The van der Waals surface area contributed by atoms with Crippen molar-refractivity contribution in [1.82, 2.24) is 0 Å². The third-order valence-electron chi connectivity index (χ3n) is 1.62. The lowest BCUT2D eigenvalue weighted by Gasteiger charge is -1.98. The highest BCUT2D eigenvalue weighted by molar-refractivity contribution is 5.94. The van der Waals surface area contributed by atoms with Crippen LogP contribution in [-0.2, 0) is 0 Å². The minimum absolute atomic E-state index is 0.429. The maximum Gasteiger partial charge on any atom is 0.335 e. The van der Waals surface area contributed by atoms with Gasteiger partial charge in [0, 0.05) is 12.1 Å². The molecule has 0 spiro atoms. The SMILES string of the molecule is CC.O=C(O)c1cc(C(=O)O)cc([N+](=O)[O-])c1. The van der Waals surface area contributed by atoms with E-state index in [1.165, 1.54) is 0 Å². The molecular formula is C10H11NO6. The molecule has 0 fully saturated rings. The Balaban J connectivity index is 0.00000121. The molecule has 0 aliphatic rings. The molecular weight excluding hydrogens is 230 g/mol. The zero-order valence-corrected chi connectivity index (χ0v) is 9.21. The van der Waals surface area contributed by atoms with E-state index in [0.29, 0.717) is 0 Å². The van der Waals surface area contributed by atoms with E-state index < -0.39 is 33.7 Å². The normalized spacial score (nSPS) is 8.82. The Hall–Kier alpha value is -2.44. The summed E-state index contributed by atoms with van der Waals surface area (Å²) >= 11 is 0. The highest BCUT2D eigenvalue weighted by Crippen LogP contribution is 2.17. The number of carboxylic acid groups (broad SMARTS) is 2. The Morgan fingerprint density at radius 3 is 1.65 bits per heavy atom. The van der Waals surface area contributed by atoms with Crippen LogP contribution in [0.4, 0.5) is 5.69 Å². The van der Waals surface area contributed by atoms with E-state index in [0.717, 1.165) is 18.2 Å². The molecule has 0 unspecified atom stereocenters. The minimum atomic E-state index is -1.42. The number of hydrogen-bond acceptors (Lipinski definition) is 4. The van der Waals surface area contributed by atoms with Crippen LogP contribution in [0.25, 0.3) is 0 Å². The minimum Gasteiger partial charge on any atom is -0.478 e. The van der Waals surface area contributed by atoms with E-state index in [1.807, 2.05) is 13.8 Å². The van der Waals surface area contributed by atoms with Gasteiger partial charge in [-0.25, -0.2) is 9.59 Å². The molecule has 0 atom stereocenters. The molecule has 0 aliphatic heterocycles. The van der Waals surface area contributed by atoms with Crippen molar-refractivity contribution in [2.24, 2.45) is 0 Å². The summed E-state index contributed by atoms with van der Waals surface area (Å²) in [5.74, 6) is -2.83. The fourth-order valence-corrected chi connectivity index (χ4v) is 0.964. The van der Waals surface area contributed by atoms with Gasteiger partial charge in [-0.2, -0.15) is 0 Å². The number of nitro benzene ring substituents is 1. The lowest BCUT2D eigenvalue weighted by atomic mass is 10.1. The monoisotopic (exact) mass is 241 g/mol. The summed E-state index contributed by atoms with van der Waals surface area (Å²) in [5.41, 5.74) is -1.42. The van der Waals surface area contributed by atoms with Crippen LogP contribution >= 0.6 is 0 Å². The number of rotatable bonds is 3. The van der Waals surface area contributed by atoms with Crippen LogP contribution in [0.2, 0.25) is 0 Å². The van der Waals surface area contributed by atoms with Crippen molar-refractivity contribution in [3.05, 3.63) is 39.4 Å². The van der Waals surface area contributed by atoms with Crippen molar-refractivity contribution >= 4 is 17.6 Å². The first-order valence-corrected chi connectivity index (χ1v) is 4.68. The van der Waals surface area contributed by atoms with Gasteiger partial charge in [0.15, 0.2) is 0 Å². The van der Waals surface area contributed by atoms with Crippen LogP contribution in [0.1, 0.15) is 34.6 Å². The zero-order chi connectivity index (χ0) is 13.6. The average molecular weight is 241 g/mol. The van der Waals surface area contributed by atoms with Crippen LogP contribution in [0.15, 0.2) is 18.2 Å². The summed E-state index contributed by atoms with van der Waals surface area (Å²) in [5, 5.41) is 27.5. The Kier molecular flexibility index (Phi) is 5.32. The topological polar surface area (TPSA) is 118 Å². The number of nitro groups is 1. The molecule has 0 radical (unpaired) electrons. The third-order valence-corrected chi connectivity index (χ3v) is 1.62. The van der Waals surface area contributed by atoms with Crippen molar-refractivity contribution in [3.63, 3.8) is 0 Å². The van der Waals surface area contributed by atoms with Gasteiger partial charge < -0.3 is 10.2 Å². The summed E-state index contributed by atoms with van der Waals surface area (Å²) in [6.07, 6.45) is 0. The van der Waals surface area contributed by atoms with Gasteiger partial charge in [0.25, 0.3) is 5.69 Å². The summed E-state index contributed by atoms with van der Waals surface area (Å²) < 4.78 is 0. The van der Waals surface area contributed by atoms with Gasteiger partial charge in [-0.1, -0.05) is 13.8 Å². The van der Waals surface area contributed by atoms with E-state index in [-0.39, 0.29) is 0 Å². The summed E-state index contributed by atoms with van der Waals surface area (Å²) in [4.78, 5) is 30.6. The number of hydrogen-bond donors (Lipinski definition) is 2. The van der Waals surface area contributed by atoms with Gasteiger partial charge >= 0.3 is 11.9 Å². The van der Waals surface area contributed by atoms with Crippen LogP contribution < -0.4 is 0 Å². The molecule has 1 aromatic carbocycles. The van der Waals surface area contributed by atoms with E-state index in [2.05, 4.69) is 0 Å². The predicted octanol–water partition coefficient (Wildman–Crippen LogP) is 2.02. The highest BCUT2D eigenvalue weighted by Gasteiger charge is 2.16. The van der Waals surface area contributed by atoms with Gasteiger partial charge in [-0.05, 0) is 6.07 Å². The number of carboxylic acids is 2. The van der Waals surface area contributed by atoms with Crippen molar-refractivity contribution in [3.8, 4) is 0 Å². The first-order valence-electron chi connectivity index (χ1n) is 4.68. The van der Waals surface area contributed by atoms with Crippen LogP contribution in [0, 0.1) is 10.1 Å². The third kappa shape index (κ3) is 3.90. The largest absolute Gasteiger partial charge is 0.478 e. The second-order valence-electron chi connectivity index (χ2n) is 2.64. The van der Waals surface area contributed by atoms with Crippen LogP contribution in [0.3, 0.4) is 0 Å². The number of benzene rings is 1. The van der Waals surface area contributed by atoms with Gasteiger partial charge in [-0.3, -0.25) is 10.1 Å². The Morgan fingerprint density at radius 2 is 1.41 bits per heavy atom. The molecule has 2 N–H and O–H groups in total. The Morgan fingerprint density at radius 1 is 1.06 bits per heavy atom. The number of nitrogens with zero attached hydrogens (tertiary/aromatic N) is 1. The molecule has 0 amide bonds. The number of non-ortho nitro benzene ring substituents is 1. The first kappa shape index (κ1) is 14.6. The molecule has 0 aliphatic carbocycles. The summed E-state index contributed by atoms with van der Waals surface area (Å²) in [6, 6.07) is 2.46. The molecule has 92 valence electrons. The van der Waals surface area contributed by atoms with E-state index in [9.17, 15) is 19.7 Å². The molecule has 0 bridgehead atoms. The average Bonchev–Trinajstić information content (AvgIpc) is 2.30. The summed E-state index contributed by atoms with van der Waals surface area (Å²) in [6.45, 7) is 4.00.